The standard InChI is InChI=1S/C22H29N5O4/c1-15-23-14-17(22(29)26-10-4-3-5-11-26)21(24-15)18-7-6-12-27(18)20(28)9-8-16-13-19(30-2)25-31-16/h13-14,18H,3-12H2,1-2H3. The Bertz CT molecular complexity index is 938. The Morgan fingerprint density at radius 2 is 2.00 bits per heavy atom. The molecule has 2 aliphatic rings. The van der Waals surface area contributed by atoms with Crippen LogP contribution in [0.25, 0.3) is 0 Å². The first-order valence-electron chi connectivity index (χ1n) is 11.0. The summed E-state index contributed by atoms with van der Waals surface area (Å²) in [7, 11) is 1.52. The van der Waals surface area contributed by atoms with Crippen molar-refractivity contribution in [1.82, 2.24) is 24.9 Å². The highest BCUT2D eigenvalue weighted by molar-refractivity contribution is 5.95. The third kappa shape index (κ3) is 4.70. The highest BCUT2D eigenvalue weighted by Crippen LogP contribution is 2.34. The fourth-order valence-electron chi connectivity index (χ4n) is 4.40. The van der Waals surface area contributed by atoms with Gasteiger partial charge in [0.2, 0.25) is 5.91 Å². The first-order chi connectivity index (χ1) is 15.1. The van der Waals surface area contributed by atoms with Gasteiger partial charge in [0.1, 0.15) is 11.6 Å². The van der Waals surface area contributed by atoms with Crippen LogP contribution in [-0.2, 0) is 11.2 Å². The van der Waals surface area contributed by atoms with Crippen LogP contribution in [0.1, 0.15) is 72.2 Å². The van der Waals surface area contributed by atoms with Crippen molar-refractivity contribution in [3.05, 3.63) is 35.1 Å². The molecular weight excluding hydrogens is 398 g/mol. The van der Waals surface area contributed by atoms with Crippen molar-refractivity contribution in [3.8, 4) is 5.88 Å². The quantitative estimate of drug-likeness (QED) is 0.698. The lowest BCUT2D eigenvalue weighted by Crippen LogP contribution is -2.38. The molecule has 2 saturated heterocycles. The topological polar surface area (TPSA) is 102 Å². The summed E-state index contributed by atoms with van der Waals surface area (Å²) in [6, 6.07) is 1.49. The predicted molar refractivity (Wildman–Crippen MR) is 112 cm³/mol. The number of nitrogens with zero attached hydrogens (tertiary/aromatic N) is 5. The number of ether oxygens (including phenoxy) is 1. The number of aromatic nitrogens is 3. The average molecular weight is 428 g/mol. The van der Waals surface area contributed by atoms with Gasteiger partial charge in [-0.25, -0.2) is 9.97 Å². The zero-order valence-corrected chi connectivity index (χ0v) is 18.2. The first-order valence-corrected chi connectivity index (χ1v) is 11.0. The molecule has 4 rings (SSSR count). The van der Waals surface area contributed by atoms with E-state index < -0.39 is 0 Å². The van der Waals surface area contributed by atoms with Gasteiger partial charge >= 0.3 is 0 Å². The van der Waals surface area contributed by atoms with Crippen LogP contribution in [0.15, 0.2) is 16.8 Å². The van der Waals surface area contributed by atoms with Crippen molar-refractivity contribution >= 4 is 11.8 Å². The van der Waals surface area contributed by atoms with Crippen LogP contribution in [-0.4, -0.2) is 63.5 Å². The molecule has 0 bridgehead atoms. The van der Waals surface area contributed by atoms with E-state index in [1.807, 2.05) is 16.7 Å². The van der Waals surface area contributed by atoms with Crippen molar-refractivity contribution in [2.24, 2.45) is 0 Å². The lowest BCUT2D eigenvalue weighted by atomic mass is 10.0. The zero-order chi connectivity index (χ0) is 21.8. The molecule has 0 aromatic carbocycles. The lowest BCUT2D eigenvalue weighted by molar-refractivity contribution is -0.132. The van der Waals surface area contributed by atoms with Gasteiger partial charge in [-0.2, -0.15) is 0 Å². The van der Waals surface area contributed by atoms with Gasteiger partial charge in [-0.1, -0.05) is 0 Å². The summed E-state index contributed by atoms with van der Waals surface area (Å²) in [5.74, 6) is 1.62. The van der Waals surface area contributed by atoms with Gasteiger partial charge in [0.05, 0.1) is 24.4 Å². The van der Waals surface area contributed by atoms with Crippen LogP contribution >= 0.6 is 0 Å². The van der Waals surface area contributed by atoms with Crippen molar-refractivity contribution in [2.75, 3.05) is 26.7 Å². The molecule has 0 N–H and O–H groups in total. The van der Waals surface area contributed by atoms with Gasteiger partial charge in [-0.05, 0) is 44.2 Å². The van der Waals surface area contributed by atoms with Gasteiger partial charge < -0.3 is 19.1 Å². The molecule has 2 fully saturated rings. The van der Waals surface area contributed by atoms with Gasteiger partial charge in [0.15, 0.2) is 0 Å². The third-order valence-corrected chi connectivity index (χ3v) is 6.03. The molecule has 9 nitrogen and oxygen atoms in total. The molecule has 0 spiro atoms. The molecule has 2 aliphatic heterocycles. The molecular formula is C22H29N5O4. The van der Waals surface area contributed by atoms with Crippen LogP contribution in [0, 0.1) is 6.92 Å². The van der Waals surface area contributed by atoms with Crippen molar-refractivity contribution < 1.29 is 18.8 Å². The predicted octanol–water partition coefficient (Wildman–Crippen LogP) is 2.70. The Morgan fingerprint density at radius 1 is 1.19 bits per heavy atom. The number of piperidine rings is 1. The normalized spacial score (nSPS) is 19.0. The second-order valence-electron chi connectivity index (χ2n) is 8.15. The smallest absolute Gasteiger partial charge is 0.257 e. The average Bonchev–Trinajstić information content (AvgIpc) is 3.47. The van der Waals surface area contributed by atoms with Gasteiger partial charge in [0.25, 0.3) is 11.8 Å². The van der Waals surface area contributed by atoms with E-state index in [4.69, 9.17) is 9.26 Å². The van der Waals surface area contributed by atoms with Crippen molar-refractivity contribution in [3.63, 3.8) is 0 Å². The summed E-state index contributed by atoms with van der Waals surface area (Å²) in [5, 5.41) is 3.78. The maximum Gasteiger partial charge on any atom is 0.257 e. The van der Waals surface area contributed by atoms with Gasteiger partial charge in [-0.3, -0.25) is 9.59 Å². The van der Waals surface area contributed by atoms with E-state index in [2.05, 4.69) is 15.1 Å². The van der Waals surface area contributed by atoms with E-state index in [-0.39, 0.29) is 17.9 Å². The highest BCUT2D eigenvalue weighted by atomic mass is 16.5. The fraction of sp³-hybridized carbons (Fsp3) is 0.591. The second kappa shape index (κ2) is 9.45. The Kier molecular flexibility index (Phi) is 6.48. The Hall–Kier alpha value is -2.97. The minimum Gasteiger partial charge on any atom is -0.479 e. The summed E-state index contributed by atoms with van der Waals surface area (Å²) in [6.45, 7) is 4.00. The number of hydrogen-bond donors (Lipinski definition) is 0. The number of hydrogen-bond acceptors (Lipinski definition) is 7. The molecule has 2 amide bonds. The molecule has 1 unspecified atom stereocenters. The van der Waals surface area contributed by atoms with E-state index in [1.54, 1.807) is 12.3 Å². The minimum atomic E-state index is -0.206. The minimum absolute atomic E-state index is 0.0190. The van der Waals surface area contributed by atoms with Crippen molar-refractivity contribution in [1.29, 1.82) is 0 Å². The van der Waals surface area contributed by atoms with Crippen LogP contribution < -0.4 is 4.74 Å². The molecule has 0 radical (unpaired) electrons. The summed E-state index contributed by atoms with van der Waals surface area (Å²) in [5.41, 5.74) is 1.20. The molecule has 1 atom stereocenters. The number of amides is 2. The van der Waals surface area contributed by atoms with E-state index >= 15 is 0 Å². The monoisotopic (exact) mass is 427 g/mol. The fourth-order valence-corrected chi connectivity index (χ4v) is 4.40. The SMILES string of the molecule is COc1cc(CCC(=O)N2CCCC2c2nc(C)ncc2C(=O)N2CCCCC2)on1. The second-order valence-corrected chi connectivity index (χ2v) is 8.15. The molecule has 0 saturated carbocycles. The molecule has 2 aromatic heterocycles. The van der Waals surface area contributed by atoms with Gasteiger partial charge in [0, 0.05) is 44.7 Å². The molecule has 2 aromatic rings. The van der Waals surface area contributed by atoms with Crippen LogP contribution in [0.2, 0.25) is 0 Å². The molecule has 4 heterocycles. The Morgan fingerprint density at radius 3 is 2.74 bits per heavy atom. The number of aryl methyl sites for hydroxylation is 2. The third-order valence-electron chi connectivity index (χ3n) is 6.03. The zero-order valence-electron chi connectivity index (χ0n) is 18.2. The van der Waals surface area contributed by atoms with Crippen LogP contribution in [0.4, 0.5) is 0 Å². The van der Waals surface area contributed by atoms with E-state index in [0.717, 1.165) is 45.2 Å². The maximum absolute atomic E-state index is 13.2. The number of rotatable bonds is 6. The van der Waals surface area contributed by atoms with Crippen LogP contribution in [0.5, 0.6) is 5.88 Å². The number of carbonyl (C=O) groups excluding carboxylic acids is 2. The number of likely N-dealkylation sites (tertiary alicyclic amines) is 2. The largest absolute Gasteiger partial charge is 0.479 e. The van der Waals surface area contributed by atoms with E-state index in [0.29, 0.717) is 48.1 Å². The number of carbonyl (C=O) groups is 2. The first kappa shape index (κ1) is 21.3. The molecule has 0 aliphatic carbocycles. The maximum atomic E-state index is 13.2. The summed E-state index contributed by atoms with van der Waals surface area (Å²) in [6.07, 6.45) is 7.25. The van der Waals surface area contributed by atoms with E-state index in [9.17, 15) is 9.59 Å². The van der Waals surface area contributed by atoms with Crippen molar-refractivity contribution in [2.45, 2.75) is 57.9 Å². The molecule has 31 heavy (non-hydrogen) atoms. The van der Waals surface area contributed by atoms with Crippen LogP contribution in [0.3, 0.4) is 0 Å². The molecule has 166 valence electrons. The summed E-state index contributed by atoms with van der Waals surface area (Å²) in [4.78, 5) is 38.9. The lowest BCUT2D eigenvalue weighted by Gasteiger charge is -2.29. The highest BCUT2D eigenvalue weighted by Gasteiger charge is 2.35. The Balaban J connectivity index is 1.51. The summed E-state index contributed by atoms with van der Waals surface area (Å²) >= 11 is 0. The van der Waals surface area contributed by atoms with E-state index in [1.165, 1.54) is 7.11 Å². The van der Waals surface area contributed by atoms with Gasteiger partial charge in [-0.15, -0.1) is 0 Å². The molecule has 9 heteroatoms. The number of methoxy groups -OCH3 is 1. The summed E-state index contributed by atoms with van der Waals surface area (Å²) < 4.78 is 10.2. The Labute approximate surface area is 181 Å².